The van der Waals surface area contributed by atoms with Crippen LogP contribution in [0, 0.1) is 0 Å². The fraction of sp³-hybridized carbons (Fsp3) is 0.368. The second-order valence-electron chi connectivity index (χ2n) is 5.98. The summed E-state index contributed by atoms with van der Waals surface area (Å²) in [6.45, 7) is 3.16. The first kappa shape index (κ1) is 19.5. The van der Waals surface area contributed by atoms with Crippen LogP contribution in [0.15, 0.2) is 41.5 Å². The van der Waals surface area contributed by atoms with Crippen molar-refractivity contribution in [3.8, 4) is 5.88 Å². The van der Waals surface area contributed by atoms with Crippen LogP contribution >= 0.6 is 24.0 Å². The highest BCUT2D eigenvalue weighted by atomic mass is 127. The number of halogens is 1. The average molecular weight is 452 g/mol. The lowest BCUT2D eigenvalue weighted by Gasteiger charge is -2.10. The Kier molecular flexibility index (Phi) is 7.49. The lowest BCUT2D eigenvalue weighted by molar-refractivity contribution is 0.302. The van der Waals surface area contributed by atoms with Crippen molar-refractivity contribution in [2.24, 2.45) is 10.7 Å². The SMILES string of the molecule is CCCOc1ncccc1CN=C(N)Nc1ccc2c(c1)CCC2.I. The minimum Gasteiger partial charge on any atom is -0.477 e. The van der Waals surface area contributed by atoms with Gasteiger partial charge in [-0.3, -0.25) is 0 Å². The van der Waals surface area contributed by atoms with E-state index in [0.29, 0.717) is 25.0 Å². The molecule has 0 fully saturated rings. The zero-order chi connectivity index (χ0) is 16.8. The van der Waals surface area contributed by atoms with Gasteiger partial charge in [-0.2, -0.15) is 0 Å². The molecule has 0 radical (unpaired) electrons. The average Bonchev–Trinajstić information content (AvgIpc) is 3.06. The van der Waals surface area contributed by atoms with Gasteiger partial charge in [0, 0.05) is 17.4 Å². The Hall–Kier alpha value is -1.83. The van der Waals surface area contributed by atoms with Gasteiger partial charge in [-0.15, -0.1) is 24.0 Å². The Balaban J connectivity index is 0.00000225. The Morgan fingerprint density at radius 3 is 2.96 bits per heavy atom. The molecule has 1 aromatic carbocycles. The van der Waals surface area contributed by atoms with Gasteiger partial charge in [-0.1, -0.05) is 19.1 Å². The van der Waals surface area contributed by atoms with Crippen molar-refractivity contribution >= 4 is 35.6 Å². The molecule has 0 bridgehead atoms. The zero-order valence-electron chi connectivity index (χ0n) is 14.5. The highest BCUT2D eigenvalue weighted by Crippen LogP contribution is 2.24. The maximum Gasteiger partial charge on any atom is 0.218 e. The van der Waals surface area contributed by atoms with Gasteiger partial charge in [-0.05, 0) is 55.0 Å². The second-order valence-corrected chi connectivity index (χ2v) is 5.98. The van der Waals surface area contributed by atoms with E-state index >= 15 is 0 Å². The van der Waals surface area contributed by atoms with E-state index < -0.39 is 0 Å². The molecule has 0 saturated heterocycles. The molecular weight excluding hydrogens is 427 g/mol. The van der Waals surface area contributed by atoms with E-state index in [2.05, 4.69) is 40.4 Å². The number of benzene rings is 1. The topological polar surface area (TPSA) is 72.5 Å². The lowest BCUT2D eigenvalue weighted by atomic mass is 10.1. The monoisotopic (exact) mass is 452 g/mol. The van der Waals surface area contributed by atoms with Crippen molar-refractivity contribution in [2.75, 3.05) is 11.9 Å². The van der Waals surface area contributed by atoms with Crippen LogP contribution in [-0.2, 0) is 19.4 Å². The number of hydrogen-bond donors (Lipinski definition) is 2. The van der Waals surface area contributed by atoms with Crippen molar-refractivity contribution in [2.45, 2.75) is 39.2 Å². The molecule has 1 heterocycles. The van der Waals surface area contributed by atoms with Crippen LogP contribution in [0.3, 0.4) is 0 Å². The molecule has 5 nitrogen and oxygen atoms in total. The first-order chi connectivity index (χ1) is 11.8. The maximum absolute atomic E-state index is 6.03. The first-order valence-corrected chi connectivity index (χ1v) is 8.51. The molecule has 1 aliphatic rings. The van der Waals surface area contributed by atoms with Gasteiger partial charge < -0.3 is 15.8 Å². The first-order valence-electron chi connectivity index (χ1n) is 8.51. The van der Waals surface area contributed by atoms with Gasteiger partial charge in [0.15, 0.2) is 5.96 Å². The van der Waals surface area contributed by atoms with Crippen LogP contribution in [-0.4, -0.2) is 17.6 Å². The number of pyridine rings is 1. The Bertz CT molecular complexity index is 733. The number of guanidine groups is 1. The molecule has 3 N–H and O–H groups in total. The highest BCUT2D eigenvalue weighted by Gasteiger charge is 2.11. The summed E-state index contributed by atoms with van der Waals surface area (Å²) >= 11 is 0. The predicted octanol–water partition coefficient (Wildman–Crippen LogP) is 3.90. The molecule has 3 rings (SSSR count). The summed E-state index contributed by atoms with van der Waals surface area (Å²) in [5.41, 5.74) is 10.8. The van der Waals surface area contributed by atoms with Crippen molar-refractivity contribution in [1.82, 2.24) is 4.98 Å². The van der Waals surface area contributed by atoms with Gasteiger partial charge in [0.05, 0.1) is 13.2 Å². The fourth-order valence-corrected chi connectivity index (χ4v) is 2.88. The second kappa shape index (κ2) is 9.60. The Labute approximate surface area is 166 Å². The third kappa shape index (κ3) is 5.32. The van der Waals surface area contributed by atoms with Crippen LogP contribution in [0.5, 0.6) is 5.88 Å². The highest BCUT2D eigenvalue weighted by molar-refractivity contribution is 14.0. The van der Waals surface area contributed by atoms with Crippen LogP contribution in [0.25, 0.3) is 0 Å². The smallest absolute Gasteiger partial charge is 0.218 e. The molecule has 25 heavy (non-hydrogen) atoms. The molecule has 2 aromatic rings. The van der Waals surface area contributed by atoms with Gasteiger partial charge in [0.1, 0.15) is 0 Å². The summed E-state index contributed by atoms with van der Waals surface area (Å²) in [6, 6.07) is 10.3. The number of fused-ring (bicyclic) bond motifs is 1. The molecule has 0 aliphatic heterocycles. The number of ether oxygens (including phenoxy) is 1. The minimum absolute atomic E-state index is 0. The number of rotatable bonds is 6. The molecule has 0 amide bonds. The molecule has 1 aliphatic carbocycles. The molecule has 6 heteroatoms. The summed E-state index contributed by atoms with van der Waals surface area (Å²) in [5, 5.41) is 3.17. The van der Waals surface area contributed by atoms with Crippen molar-refractivity contribution in [3.05, 3.63) is 53.2 Å². The quantitative estimate of drug-likeness (QED) is 0.396. The summed E-state index contributed by atoms with van der Waals surface area (Å²) in [7, 11) is 0. The fourth-order valence-electron chi connectivity index (χ4n) is 2.88. The number of aromatic nitrogens is 1. The molecular formula is C19H25IN4O. The van der Waals surface area contributed by atoms with Crippen molar-refractivity contribution in [3.63, 3.8) is 0 Å². The standard InChI is InChI=1S/C19H24N4O.HI/c1-2-11-24-18-16(7-4-10-21-18)13-22-19(20)23-17-9-8-14-5-3-6-15(14)12-17;/h4,7-10,12H,2-3,5-6,11,13H2,1H3,(H3,20,22,23);1H. The number of anilines is 1. The van der Waals surface area contributed by atoms with E-state index in [1.54, 1.807) is 6.20 Å². The summed E-state index contributed by atoms with van der Waals surface area (Å²) < 4.78 is 5.65. The van der Waals surface area contributed by atoms with Crippen LogP contribution in [0.1, 0.15) is 36.5 Å². The maximum atomic E-state index is 6.03. The molecule has 0 saturated carbocycles. The zero-order valence-corrected chi connectivity index (χ0v) is 16.8. The third-order valence-corrected chi connectivity index (χ3v) is 4.08. The van der Waals surface area contributed by atoms with Gasteiger partial charge in [0.2, 0.25) is 5.88 Å². The number of nitrogens with one attached hydrogen (secondary N) is 1. The van der Waals surface area contributed by atoms with E-state index in [1.807, 2.05) is 12.1 Å². The summed E-state index contributed by atoms with van der Waals surface area (Å²) in [4.78, 5) is 8.68. The number of aliphatic imine (C=N–C) groups is 1. The number of hydrogen-bond acceptors (Lipinski definition) is 3. The molecule has 1 aromatic heterocycles. The van der Waals surface area contributed by atoms with E-state index in [-0.39, 0.29) is 24.0 Å². The van der Waals surface area contributed by atoms with Gasteiger partial charge in [-0.25, -0.2) is 9.98 Å². The third-order valence-electron chi connectivity index (χ3n) is 4.08. The van der Waals surface area contributed by atoms with Crippen LogP contribution in [0.2, 0.25) is 0 Å². The Morgan fingerprint density at radius 1 is 1.28 bits per heavy atom. The number of nitrogens with two attached hydrogens (primary N) is 1. The van der Waals surface area contributed by atoms with E-state index in [4.69, 9.17) is 10.5 Å². The predicted molar refractivity (Wildman–Crippen MR) is 113 cm³/mol. The van der Waals surface area contributed by atoms with Gasteiger partial charge in [0.25, 0.3) is 0 Å². The van der Waals surface area contributed by atoms with Crippen LogP contribution < -0.4 is 15.8 Å². The van der Waals surface area contributed by atoms with E-state index in [9.17, 15) is 0 Å². The molecule has 0 unspecified atom stereocenters. The van der Waals surface area contributed by atoms with Crippen molar-refractivity contribution in [1.29, 1.82) is 0 Å². The molecule has 0 spiro atoms. The van der Waals surface area contributed by atoms with Crippen molar-refractivity contribution < 1.29 is 4.74 Å². The molecule has 0 atom stereocenters. The minimum atomic E-state index is 0. The lowest BCUT2D eigenvalue weighted by Crippen LogP contribution is -2.22. The normalized spacial score (nSPS) is 13.1. The molecule has 134 valence electrons. The Morgan fingerprint density at radius 2 is 2.12 bits per heavy atom. The number of aryl methyl sites for hydroxylation is 2. The number of nitrogens with zero attached hydrogens (tertiary/aromatic N) is 2. The largest absolute Gasteiger partial charge is 0.477 e. The van der Waals surface area contributed by atoms with E-state index in [1.165, 1.54) is 24.0 Å². The summed E-state index contributed by atoms with van der Waals surface area (Å²) in [5.74, 6) is 1.03. The van der Waals surface area contributed by atoms with E-state index in [0.717, 1.165) is 24.1 Å². The summed E-state index contributed by atoms with van der Waals surface area (Å²) in [6.07, 6.45) is 6.24. The van der Waals surface area contributed by atoms with Crippen LogP contribution in [0.4, 0.5) is 5.69 Å². The van der Waals surface area contributed by atoms with Gasteiger partial charge >= 0.3 is 0 Å².